The van der Waals surface area contributed by atoms with E-state index in [1.807, 2.05) is 17.6 Å². The molecule has 0 saturated carbocycles. The number of ether oxygens (including phenoxy) is 1. The van der Waals surface area contributed by atoms with Gasteiger partial charge in [0.1, 0.15) is 0 Å². The number of hydrogen-bond acceptors (Lipinski definition) is 3. The number of rotatable bonds is 2. The van der Waals surface area contributed by atoms with Gasteiger partial charge in [0, 0.05) is 6.61 Å². The van der Waals surface area contributed by atoms with E-state index in [0.29, 0.717) is 23.2 Å². The number of hydrogen-bond donors (Lipinski definition) is 1. The summed E-state index contributed by atoms with van der Waals surface area (Å²) >= 11 is 0. The Balaban J connectivity index is 2.21. The lowest BCUT2D eigenvalue weighted by Crippen LogP contribution is -2.17. The zero-order valence-corrected chi connectivity index (χ0v) is 10.0. The Labute approximate surface area is 104 Å². The van der Waals surface area contributed by atoms with E-state index in [-0.39, 0.29) is 12.1 Å². The fourth-order valence-corrected chi connectivity index (χ4v) is 2.60. The first-order valence-electron chi connectivity index (χ1n) is 5.99. The molecule has 0 aliphatic carbocycles. The highest BCUT2D eigenvalue weighted by Crippen LogP contribution is 2.30. The highest BCUT2D eigenvalue weighted by atomic mass is 16.5. The molecule has 0 spiro atoms. The van der Waals surface area contributed by atoms with Crippen molar-refractivity contribution in [3.05, 3.63) is 30.1 Å². The highest BCUT2D eigenvalue weighted by Gasteiger charge is 2.28. The summed E-state index contributed by atoms with van der Waals surface area (Å²) in [6.45, 7) is 2.72. The van der Waals surface area contributed by atoms with Crippen LogP contribution in [-0.2, 0) is 4.74 Å². The standard InChI is InChI=1S/C13H14N2O3/c1-8-11(5-6-18-8)15-7-14-10-4-2-3-9(12(10)15)13(16)17/h2-4,7-8,11H,5-6H2,1H3,(H,16,17). The van der Waals surface area contributed by atoms with E-state index < -0.39 is 5.97 Å². The number of benzene rings is 1. The summed E-state index contributed by atoms with van der Waals surface area (Å²) in [5.41, 5.74) is 1.70. The number of carboxylic acids is 1. The second kappa shape index (κ2) is 4.10. The van der Waals surface area contributed by atoms with Gasteiger partial charge in [0.05, 0.1) is 35.1 Å². The summed E-state index contributed by atoms with van der Waals surface area (Å²) in [6.07, 6.45) is 2.69. The number of carbonyl (C=O) groups is 1. The molecule has 2 aromatic rings. The average molecular weight is 246 g/mol. The summed E-state index contributed by atoms with van der Waals surface area (Å²) in [5.74, 6) is -0.922. The molecular formula is C13H14N2O3. The third-order valence-corrected chi connectivity index (χ3v) is 3.52. The van der Waals surface area contributed by atoms with E-state index in [2.05, 4.69) is 4.98 Å². The molecule has 1 aromatic heterocycles. The third kappa shape index (κ3) is 1.59. The minimum absolute atomic E-state index is 0.0873. The van der Waals surface area contributed by atoms with Gasteiger partial charge in [-0.25, -0.2) is 9.78 Å². The van der Waals surface area contributed by atoms with Crippen LogP contribution in [0.5, 0.6) is 0 Å². The summed E-state index contributed by atoms with van der Waals surface area (Å²) < 4.78 is 7.48. The topological polar surface area (TPSA) is 64.4 Å². The van der Waals surface area contributed by atoms with Crippen molar-refractivity contribution < 1.29 is 14.6 Å². The van der Waals surface area contributed by atoms with Crippen molar-refractivity contribution in [2.75, 3.05) is 6.61 Å². The third-order valence-electron chi connectivity index (χ3n) is 3.52. The fourth-order valence-electron chi connectivity index (χ4n) is 2.60. The first-order valence-corrected chi connectivity index (χ1v) is 5.99. The first kappa shape index (κ1) is 11.2. The Hall–Kier alpha value is -1.88. The number of aromatic carboxylic acids is 1. The molecule has 0 amide bonds. The van der Waals surface area contributed by atoms with Gasteiger partial charge in [-0.15, -0.1) is 0 Å². The molecule has 18 heavy (non-hydrogen) atoms. The molecule has 1 N–H and O–H groups in total. The van der Waals surface area contributed by atoms with Crippen LogP contribution in [0.4, 0.5) is 0 Å². The summed E-state index contributed by atoms with van der Waals surface area (Å²) in [5, 5.41) is 9.26. The maximum Gasteiger partial charge on any atom is 0.337 e. The van der Waals surface area contributed by atoms with Gasteiger partial charge < -0.3 is 14.4 Å². The second-order valence-corrected chi connectivity index (χ2v) is 4.56. The number of carboxylic acid groups (broad SMARTS) is 1. The van der Waals surface area contributed by atoms with Gasteiger partial charge >= 0.3 is 5.97 Å². The zero-order chi connectivity index (χ0) is 12.7. The van der Waals surface area contributed by atoms with Gasteiger partial charge in [-0.3, -0.25) is 0 Å². The molecule has 1 aliphatic heterocycles. The predicted molar refractivity (Wildman–Crippen MR) is 65.8 cm³/mol. The van der Waals surface area contributed by atoms with Gasteiger partial charge in [-0.05, 0) is 25.5 Å². The minimum Gasteiger partial charge on any atom is -0.478 e. The number of aromatic nitrogens is 2. The van der Waals surface area contributed by atoms with Crippen LogP contribution in [-0.4, -0.2) is 33.3 Å². The molecule has 0 radical (unpaired) electrons. The lowest BCUT2D eigenvalue weighted by atomic mass is 10.1. The lowest BCUT2D eigenvalue weighted by molar-refractivity contribution is 0.0698. The number of para-hydroxylation sites is 1. The summed E-state index contributed by atoms with van der Waals surface area (Å²) in [7, 11) is 0. The van der Waals surface area contributed by atoms with E-state index >= 15 is 0 Å². The fraction of sp³-hybridized carbons (Fsp3) is 0.385. The van der Waals surface area contributed by atoms with E-state index in [1.165, 1.54) is 0 Å². The van der Waals surface area contributed by atoms with Gasteiger partial charge in [0.25, 0.3) is 0 Å². The SMILES string of the molecule is CC1OCCC1n1cnc2cccc(C(=O)O)c21. The Morgan fingerprint density at radius 3 is 3.06 bits per heavy atom. The molecule has 0 bridgehead atoms. The molecular weight excluding hydrogens is 232 g/mol. The van der Waals surface area contributed by atoms with Crippen LogP contribution in [0.15, 0.2) is 24.5 Å². The molecule has 3 rings (SSSR count). The molecule has 2 unspecified atom stereocenters. The summed E-state index contributed by atoms with van der Waals surface area (Å²) in [6, 6.07) is 5.33. The van der Waals surface area contributed by atoms with Crippen LogP contribution in [0.1, 0.15) is 29.7 Å². The largest absolute Gasteiger partial charge is 0.478 e. The van der Waals surface area contributed by atoms with Crippen molar-refractivity contribution in [3.8, 4) is 0 Å². The van der Waals surface area contributed by atoms with E-state index in [9.17, 15) is 9.90 Å². The maximum absolute atomic E-state index is 11.3. The molecule has 1 fully saturated rings. The number of imidazole rings is 1. The number of fused-ring (bicyclic) bond motifs is 1. The monoisotopic (exact) mass is 246 g/mol. The molecule has 94 valence electrons. The predicted octanol–water partition coefficient (Wildman–Crippen LogP) is 2.08. The lowest BCUT2D eigenvalue weighted by Gasteiger charge is -2.17. The smallest absolute Gasteiger partial charge is 0.337 e. The van der Waals surface area contributed by atoms with Crippen LogP contribution in [0.2, 0.25) is 0 Å². The molecule has 1 aliphatic rings. The second-order valence-electron chi connectivity index (χ2n) is 4.56. The zero-order valence-electron chi connectivity index (χ0n) is 10.0. The Morgan fingerprint density at radius 1 is 1.56 bits per heavy atom. The average Bonchev–Trinajstić information content (AvgIpc) is 2.94. The van der Waals surface area contributed by atoms with Crippen molar-refractivity contribution in [1.82, 2.24) is 9.55 Å². The van der Waals surface area contributed by atoms with Crippen LogP contribution in [0, 0.1) is 0 Å². The molecule has 2 heterocycles. The molecule has 1 aromatic carbocycles. The molecule has 1 saturated heterocycles. The Kier molecular flexibility index (Phi) is 2.56. The van der Waals surface area contributed by atoms with Crippen molar-refractivity contribution in [2.45, 2.75) is 25.5 Å². The maximum atomic E-state index is 11.3. The van der Waals surface area contributed by atoms with Crippen LogP contribution >= 0.6 is 0 Å². The quantitative estimate of drug-likeness (QED) is 0.881. The van der Waals surface area contributed by atoms with Gasteiger partial charge in [0.2, 0.25) is 0 Å². The van der Waals surface area contributed by atoms with Crippen LogP contribution in [0.3, 0.4) is 0 Å². The van der Waals surface area contributed by atoms with E-state index in [4.69, 9.17) is 4.74 Å². The summed E-state index contributed by atoms with van der Waals surface area (Å²) in [4.78, 5) is 15.6. The normalized spacial score (nSPS) is 23.6. The van der Waals surface area contributed by atoms with Gasteiger partial charge in [0.15, 0.2) is 0 Å². The van der Waals surface area contributed by atoms with E-state index in [0.717, 1.165) is 6.42 Å². The van der Waals surface area contributed by atoms with Crippen molar-refractivity contribution >= 4 is 17.0 Å². The van der Waals surface area contributed by atoms with Crippen molar-refractivity contribution in [1.29, 1.82) is 0 Å². The van der Waals surface area contributed by atoms with Crippen molar-refractivity contribution in [2.24, 2.45) is 0 Å². The van der Waals surface area contributed by atoms with Gasteiger partial charge in [-0.1, -0.05) is 6.07 Å². The number of nitrogens with zero attached hydrogens (tertiary/aromatic N) is 2. The van der Waals surface area contributed by atoms with E-state index in [1.54, 1.807) is 18.5 Å². The Morgan fingerprint density at radius 2 is 2.39 bits per heavy atom. The van der Waals surface area contributed by atoms with Crippen molar-refractivity contribution in [3.63, 3.8) is 0 Å². The Bertz CT molecular complexity index is 605. The van der Waals surface area contributed by atoms with Gasteiger partial charge in [-0.2, -0.15) is 0 Å². The first-order chi connectivity index (χ1) is 8.68. The minimum atomic E-state index is -0.922. The van der Waals surface area contributed by atoms with Crippen LogP contribution in [0.25, 0.3) is 11.0 Å². The highest BCUT2D eigenvalue weighted by molar-refractivity contribution is 6.01. The molecule has 5 heteroatoms. The van der Waals surface area contributed by atoms with Crippen LogP contribution < -0.4 is 0 Å². The molecule has 5 nitrogen and oxygen atoms in total. The molecule has 2 atom stereocenters.